The van der Waals surface area contributed by atoms with Crippen LogP contribution in [0.3, 0.4) is 0 Å². The third kappa shape index (κ3) is 2.97. The minimum atomic E-state index is -0.226. The second-order valence-electron chi connectivity index (χ2n) is 7.39. The highest BCUT2D eigenvalue weighted by Gasteiger charge is 2.23. The lowest BCUT2D eigenvalue weighted by atomic mass is 9.99. The molecule has 0 fully saturated rings. The number of aromatic amines is 1. The summed E-state index contributed by atoms with van der Waals surface area (Å²) in [5.41, 5.74) is 3.39. The van der Waals surface area contributed by atoms with E-state index in [4.69, 9.17) is 9.47 Å². The maximum Gasteiger partial charge on any atom is 0.272 e. The molecule has 1 aliphatic rings. The molecule has 0 bridgehead atoms. The Bertz CT molecular complexity index is 1470. The topological polar surface area (TPSA) is 69.1 Å². The van der Waals surface area contributed by atoms with Crippen molar-refractivity contribution in [2.75, 3.05) is 0 Å². The van der Waals surface area contributed by atoms with Crippen LogP contribution in [0.4, 0.5) is 0 Å². The van der Waals surface area contributed by atoms with Crippen LogP contribution in [0.2, 0.25) is 0 Å². The van der Waals surface area contributed by atoms with Crippen LogP contribution >= 0.6 is 0 Å². The summed E-state index contributed by atoms with van der Waals surface area (Å²) in [6.07, 6.45) is 4.01. The van der Waals surface area contributed by atoms with Gasteiger partial charge in [0.2, 0.25) is 0 Å². The number of nitrogens with one attached hydrogen (secondary N) is 1. The Morgan fingerprint density at radius 1 is 0.935 bits per heavy atom. The van der Waals surface area contributed by atoms with Crippen LogP contribution in [0.25, 0.3) is 27.7 Å². The Kier molecular flexibility index (Phi) is 3.89. The van der Waals surface area contributed by atoms with Crippen molar-refractivity contribution in [3.63, 3.8) is 0 Å². The molecule has 0 atom stereocenters. The predicted molar refractivity (Wildman–Crippen MR) is 118 cm³/mol. The van der Waals surface area contributed by atoms with E-state index in [2.05, 4.69) is 10.2 Å². The molecule has 1 N–H and O–H groups in total. The standard InChI is InChI=1S/C25H17N3O3/c29-25-19-4-3-5-22-23(19)24(26-27-25)20-14-16(6-11-21(20)31-22)15-30-18-9-7-17(8-10-18)28-12-1-2-13-28/h1-14H,15H2,(H,27,29). The van der Waals surface area contributed by atoms with Gasteiger partial charge in [-0.15, -0.1) is 0 Å². The van der Waals surface area contributed by atoms with Crippen molar-refractivity contribution in [3.8, 4) is 34.2 Å². The van der Waals surface area contributed by atoms with E-state index in [0.717, 1.165) is 28.0 Å². The van der Waals surface area contributed by atoms with Gasteiger partial charge in [0.15, 0.2) is 0 Å². The number of hydrogen-bond donors (Lipinski definition) is 1. The summed E-state index contributed by atoms with van der Waals surface area (Å²) in [5.74, 6) is 2.14. The normalized spacial score (nSPS) is 11.7. The smallest absolute Gasteiger partial charge is 0.272 e. The molecule has 31 heavy (non-hydrogen) atoms. The van der Waals surface area contributed by atoms with Gasteiger partial charge in [0, 0.05) is 23.6 Å². The lowest BCUT2D eigenvalue weighted by molar-refractivity contribution is 0.306. The Hall–Kier alpha value is -4.32. The molecule has 0 aliphatic carbocycles. The first-order chi connectivity index (χ1) is 15.3. The van der Waals surface area contributed by atoms with Crippen LogP contribution < -0.4 is 15.0 Å². The second kappa shape index (κ2) is 6.88. The average molecular weight is 407 g/mol. The number of hydrogen-bond acceptors (Lipinski definition) is 4. The lowest BCUT2D eigenvalue weighted by Crippen LogP contribution is -2.12. The fourth-order valence-electron chi connectivity index (χ4n) is 3.91. The Morgan fingerprint density at radius 2 is 1.77 bits per heavy atom. The number of benzene rings is 3. The summed E-state index contributed by atoms with van der Waals surface area (Å²) in [6, 6.07) is 23.3. The molecule has 0 saturated heterocycles. The number of H-pyrrole nitrogens is 1. The van der Waals surface area contributed by atoms with Crippen LogP contribution in [0, 0.1) is 0 Å². The number of rotatable bonds is 4. The maximum absolute atomic E-state index is 12.2. The van der Waals surface area contributed by atoms with Gasteiger partial charge in [0.25, 0.3) is 5.56 Å². The molecule has 0 unspecified atom stereocenters. The van der Waals surface area contributed by atoms with E-state index >= 15 is 0 Å². The van der Waals surface area contributed by atoms with Crippen molar-refractivity contribution in [3.05, 3.63) is 101 Å². The third-order valence-corrected chi connectivity index (χ3v) is 5.44. The van der Waals surface area contributed by atoms with Crippen LogP contribution in [0.15, 0.2) is 90.0 Å². The number of nitrogens with zero attached hydrogens (tertiary/aromatic N) is 2. The first kappa shape index (κ1) is 17.5. The zero-order chi connectivity index (χ0) is 20.8. The lowest BCUT2D eigenvalue weighted by Gasteiger charge is -2.20. The van der Waals surface area contributed by atoms with Crippen LogP contribution in [0.1, 0.15) is 5.56 Å². The molecule has 0 radical (unpaired) electrons. The number of fused-ring (bicyclic) bond motifs is 2. The van der Waals surface area contributed by atoms with Crippen molar-refractivity contribution in [2.24, 2.45) is 0 Å². The van der Waals surface area contributed by atoms with Gasteiger partial charge < -0.3 is 14.0 Å². The van der Waals surface area contributed by atoms with Gasteiger partial charge in [-0.2, -0.15) is 5.10 Å². The highest BCUT2D eigenvalue weighted by molar-refractivity contribution is 6.01. The molecule has 0 spiro atoms. The van der Waals surface area contributed by atoms with Crippen LogP contribution in [-0.4, -0.2) is 14.8 Å². The van der Waals surface area contributed by atoms with Crippen molar-refractivity contribution >= 4 is 10.8 Å². The number of ether oxygens (including phenoxy) is 2. The molecule has 0 amide bonds. The Morgan fingerprint density at radius 3 is 2.61 bits per heavy atom. The van der Waals surface area contributed by atoms with E-state index < -0.39 is 0 Å². The maximum atomic E-state index is 12.2. The van der Waals surface area contributed by atoms with E-state index in [1.807, 2.05) is 83.7 Å². The molecular weight excluding hydrogens is 390 g/mol. The first-order valence-electron chi connectivity index (χ1n) is 9.95. The van der Waals surface area contributed by atoms with E-state index in [1.165, 1.54) is 0 Å². The van der Waals surface area contributed by atoms with E-state index in [-0.39, 0.29) is 5.56 Å². The van der Waals surface area contributed by atoms with Crippen LogP contribution in [-0.2, 0) is 6.61 Å². The SMILES string of the molecule is O=c1[nH]nc2c3c(cccc13)Oc1ccc(COc3ccc(-n4cccc4)cc3)cc1-2. The molecule has 3 aromatic carbocycles. The monoisotopic (exact) mass is 407 g/mol. The minimum Gasteiger partial charge on any atom is -0.489 e. The van der Waals surface area contributed by atoms with E-state index in [1.54, 1.807) is 6.07 Å². The molecule has 6 rings (SSSR count). The van der Waals surface area contributed by atoms with Gasteiger partial charge in [0.1, 0.15) is 29.5 Å². The van der Waals surface area contributed by atoms with Gasteiger partial charge >= 0.3 is 0 Å². The summed E-state index contributed by atoms with van der Waals surface area (Å²) in [4.78, 5) is 12.2. The summed E-state index contributed by atoms with van der Waals surface area (Å²) >= 11 is 0. The summed E-state index contributed by atoms with van der Waals surface area (Å²) in [5, 5.41) is 8.21. The summed E-state index contributed by atoms with van der Waals surface area (Å²) in [6.45, 7) is 0.407. The second-order valence-corrected chi connectivity index (χ2v) is 7.39. The van der Waals surface area contributed by atoms with Gasteiger partial charge in [-0.3, -0.25) is 4.79 Å². The Balaban J connectivity index is 1.29. The van der Waals surface area contributed by atoms with E-state index in [9.17, 15) is 4.79 Å². The van der Waals surface area contributed by atoms with Crippen molar-refractivity contribution in [1.29, 1.82) is 0 Å². The number of aromatic nitrogens is 3. The van der Waals surface area contributed by atoms with E-state index in [0.29, 0.717) is 29.2 Å². The van der Waals surface area contributed by atoms with Gasteiger partial charge in [-0.05, 0) is 66.2 Å². The fourth-order valence-corrected chi connectivity index (χ4v) is 3.91. The third-order valence-electron chi connectivity index (χ3n) is 5.44. The van der Waals surface area contributed by atoms with Crippen LogP contribution in [0.5, 0.6) is 17.2 Å². The predicted octanol–water partition coefficient (Wildman–Crippen LogP) is 5.07. The highest BCUT2D eigenvalue weighted by Crippen LogP contribution is 2.44. The zero-order valence-electron chi connectivity index (χ0n) is 16.4. The molecule has 0 saturated carbocycles. The van der Waals surface area contributed by atoms with Crippen molar-refractivity contribution < 1.29 is 9.47 Å². The molecule has 150 valence electrons. The molecule has 1 aliphatic heterocycles. The molecule has 6 heteroatoms. The quantitative estimate of drug-likeness (QED) is 0.443. The fraction of sp³-hybridized carbons (Fsp3) is 0.0400. The van der Waals surface area contributed by atoms with Gasteiger partial charge in [0.05, 0.1) is 10.8 Å². The molecule has 5 aromatic rings. The molecule has 2 aromatic heterocycles. The zero-order valence-corrected chi connectivity index (χ0v) is 16.4. The minimum absolute atomic E-state index is 0.226. The highest BCUT2D eigenvalue weighted by atomic mass is 16.5. The molecule has 3 heterocycles. The molecule has 6 nitrogen and oxygen atoms in total. The van der Waals surface area contributed by atoms with Gasteiger partial charge in [-0.1, -0.05) is 12.1 Å². The Labute approximate surface area is 177 Å². The van der Waals surface area contributed by atoms with Crippen molar-refractivity contribution in [2.45, 2.75) is 6.61 Å². The molecular formula is C25H17N3O3. The van der Waals surface area contributed by atoms with Gasteiger partial charge in [-0.25, -0.2) is 5.10 Å². The summed E-state index contributed by atoms with van der Waals surface area (Å²) < 4.78 is 14.1. The summed E-state index contributed by atoms with van der Waals surface area (Å²) in [7, 11) is 0. The van der Waals surface area contributed by atoms with Crippen molar-refractivity contribution in [1.82, 2.24) is 14.8 Å². The first-order valence-corrected chi connectivity index (χ1v) is 9.95. The average Bonchev–Trinajstić information content (AvgIpc) is 3.35. The largest absolute Gasteiger partial charge is 0.489 e.